The molecule has 0 aliphatic heterocycles. The summed E-state index contributed by atoms with van der Waals surface area (Å²) in [5, 5.41) is 0.597. The number of carbonyl (C=O) groups is 1. The molecule has 2 aromatic rings. The maximum absolute atomic E-state index is 11.5. The Kier molecular flexibility index (Phi) is 4.69. The topological polar surface area (TPSA) is 60.5 Å². The van der Waals surface area contributed by atoms with E-state index in [9.17, 15) is 4.79 Å². The molecule has 2 aromatic heterocycles. The molecule has 0 saturated heterocycles. The van der Waals surface area contributed by atoms with E-state index in [1.54, 1.807) is 19.2 Å². The molecule has 0 spiro atoms. The van der Waals surface area contributed by atoms with Crippen LogP contribution in [0.3, 0.4) is 0 Å². The maximum Gasteiger partial charge on any atom is 0.341 e. The average molecular weight is 312 g/mol. The number of hydrogen-bond acceptors (Lipinski definition) is 5. The average Bonchev–Trinajstić information content (AvgIpc) is 2.95. The number of aryl methyl sites for hydroxylation is 1. The second kappa shape index (κ2) is 6.32. The SMILES string of the molecule is COC(=O)c1cc(CN(C)Cc2ncc(Cl)n2C)oc1C. The van der Waals surface area contributed by atoms with Gasteiger partial charge in [-0.15, -0.1) is 0 Å². The van der Waals surface area contributed by atoms with Gasteiger partial charge < -0.3 is 13.7 Å². The molecule has 21 heavy (non-hydrogen) atoms. The van der Waals surface area contributed by atoms with Crippen LogP contribution < -0.4 is 0 Å². The molecule has 0 atom stereocenters. The van der Waals surface area contributed by atoms with Crippen LogP contribution >= 0.6 is 11.6 Å². The Morgan fingerprint density at radius 2 is 2.24 bits per heavy atom. The smallest absolute Gasteiger partial charge is 0.341 e. The standard InChI is InChI=1S/C14H18ClN3O3/c1-9-11(14(19)20-4)5-10(21-9)7-17(2)8-13-16-6-12(15)18(13)3/h5-6H,7-8H2,1-4H3. The zero-order valence-corrected chi connectivity index (χ0v) is 13.3. The first-order valence-electron chi connectivity index (χ1n) is 6.44. The van der Waals surface area contributed by atoms with Gasteiger partial charge in [-0.05, 0) is 20.0 Å². The van der Waals surface area contributed by atoms with Crippen LogP contribution in [0.25, 0.3) is 0 Å². The fourth-order valence-corrected chi connectivity index (χ4v) is 2.22. The summed E-state index contributed by atoms with van der Waals surface area (Å²) in [6.07, 6.45) is 1.62. The minimum Gasteiger partial charge on any atom is -0.465 e. The van der Waals surface area contributed by atoms with Gasteiger partial charge in [0, 0.05) is 7.05 Å². The van der Waals surface area contributed by atoms with Crippen molar-refractivity contribution in [1.29, 1.82) is 0 Å². The first-order valence-corrected chi connectivity index (χ1v) is 6.82. The summed E-state index contributed by atoms with van der Waals surface area (Å²) in [6, 6.07) is 1.71. The van der Waals surface area contributed by atoms with Gasteiger partial charge in [0.2, 0.25) is 0 Å². The second-order valence-electron chi connectivity index (χ2n) is 4.90. The minimum atomic E-state index is -0.388. The molecule has 0 N–H and O–H groups in total. The lowest BCUT2D eigenvalue weighted by Crippen LogP contribution is -2.19. The van der Waals surface area contributed by atoms with Crippen LogP contribution in [0.5, 0.6) is 0 Å². The molecule has 0 unspecified atom stereocenters. The zero-order valence-electron chi connectivity index (χ0n) is 12.5. The third-order valence-corrected chi connectivity index (χ3v) is 3.59. The normalized spacial score (nSPS) is 11.1. The first-order chi connectivity index (χ1) is 9.92. The molecular formula is C14H18ClN3O3. The van der Waals surface area contributed by atoms with Gasteiger partial charge in [-0.25, -0.2) is 9.78 Å². The maximum atomic E-state index is 11.5. The fourth-order valence-electron chi connectivity index (χ4n) is 2.07. The number of nitrogens with zero attached hydrogens (tertiary/aromatic N) is 3. The highest BCUT2D eigenvalue weighted by molar-refractivity contribution is 6.29. The van der Waals surface area contributed by atoms with Gasteiger partial charge in [-0.1, -0.05) is 11.6 Å². The molecule has 0 radical (unpaired) electrons. The van der Waals surface area contributed by atoms with Crippen LogP contribution in [0.2, 0.25) is 5.15 Å². The Labute approximate surface area is 128 Å². The van der Waals surface area contributed by atoms with E-state index in [0.29, 0.717) is 35.3 Å². The lowest BCUT2D eigenvalue weighted by molar-refractivity contribution is 0.0599. The van der Waals surface area contributed by atoms with Crippen molar-refractivity contribution in [2.75, 3.05) is 14.2 Å². The van der Waals surface area contributed by atoms with Crippen molar-refractivity contribution in [2.45, 2.75) is 20.0 Å². The van der Waals surface area contributed by atoms with Crippen LogP contribution in [0, 0.1) is 6.92 Å². The Bertz CT molecular complexity index is 648. The number of hydrogen-bond donors (Lipinski definition) is 0. The molecule has 0 aliphatic rings. The molecule has 7 heteroatoms. The fraction of sp³-hybridized carbons (Fsp3) is 0.429. The molecule has 6 nitrogen and oxygen atoms in total. The van der Waals surface area contributed by atoms with Gasteiger partial charge in [-0.2, -0.15) is 0 Å². The van der Waals surface area contributed by atoms with Gasteiger partial charge in [0.15, 0.2) is 0 Å². The molecular weight excluding hydrogens is 294 g/mol. The predicted molar refractivity (Wildman–Crippen MR) is 78.2 cm³/mol. The number of imidazole rings is 1. The first kappa shape index (κ1) is 15.6. The lowest BCUT2D eigenvalue weighted by Gasteiger charge is -2.14. The zero-order chi connectivity index (χ0) is 15.6. The number of halogens is 1. The molecule has 2 heterocycles. The highest BCUT2D eigenvalue weighted by Gasteiger charge is 2.17. The molecule has 114 valence electrons. The molecule has 0 saturated carbocycles. The quantitative estimate of drug-likeness (QED) is 0.794. The third-order valence-electron chi connectivity index (χ3n) is 3.24. The van der Waals surface area contributed by atoms with Gasteiger partial charge in [0.25, 0.3) is 0 Å². The van der Waals surface area contributed by atoms with Gasteiger partial charge >= 0.3 is 5.97 Å². The predicted octanol–water partition coefficient (Wildman–Crippen LogP) is 2.39. The number of carbonyl (C=O) groups excluding carboxylic acids is 1. The van der Waals surface area contributed by atoms with Crippen molar-refractivity contribution in [3.8, 4) is 0 Å². The molecule has 0 amide bonds. The van der Waals surface area contributed by atoms with Crippen molar-refractivity contribution < 1.29 is 13.9 Å². The number of methoxy groups -OCH3 is 1. The Balaban J connectivity index is 2.04. The number of furan rings is 1. The van der Waals surface area contributed by atoms with Gasteiger partial charge in [0.05, 0.1) is 26.4 Å². The van der Waals surface area contributed by atoms with Crippen molar-refractivity contribution in [3.05, 3.63) is 40.3 Å². The molecule has 0 bridgehead atoms. The van der Waals surface area contributed by atoms with E-state index in [1.165, 1.54) is 7.11 Å². The third kappa shape index (κ3) is 3.46. The van der Waals surface area contributed by atoms with Crippen molar-refractivity contribution in [3.63, 3.8) is 0 Å². The number of ether oxygens (including phenoxy) is 1. The van der Waals surface area contributed by atoms with Crippen molar-refractivity contribution in [2.24, 2.45) is 7.05 Å². The summed E-state index contributed by atoms with van der Waals surface area (Å²) in [6.45, 7) is 2.92. The molecule has 2 rings (SSSR count). The number of rotatable bonds is 5. The summed E-state index contributed by atoms with van der Waals surface area (Å²) >= 11 is 5.96. The van der Waals surface area contributed by atoms with Crippen LogP contribution in [0.4, 0.5) is 0 Å². The Hall–Kier alpha value is -1.79. The van der Waals surface area contributed by atoms with Crippen LogP contribution in [0.1, 0.15) is 27.7 Å². The van der Waals surface area contributed by atoms with E-state index in [-0.39, 0.29) is 5.97 Å². The molecule has 0 aromatic carbocycles. The number of esters is 1. The summed E-state index contributed by atoms with van der Waals surface area (Å²) in [4.78, 5) is 17.8. The Morgan fingerprint density at radius 3 is 2.81 bits per heavy atom. The van der Waals surface area contributed by atoms with E-state index in [1.807, 2.05) is 23.6 Å². The largest absolute Gasteiger partial charge is 0.465 e. The van der Waals surface area contributed by atoms with E-state index < -0.39 is 0 Å². The van der Waals surface area contributed by atoms with Crippen LogP contribution in [-0.2, 0) is 24.9 Å². The monoisotopic (exact) mass is 311 g/mol. The highest BCUT2D eigenvalue weighted by Crippen LogP contribution is 2.18. The summed E-state index contributed by atoms with van der Waals surface area (Å²) in [5.74, 6) is 1.74. The van der Waals surface area contributed by atoms with E-state index in [2.05, 4.69) is 4.98 Å². The van der Waals surface area contributed by atoms with Crippen LogP contribution in [-0.4, -0.2) is 34.6 Å². The van der Waals surface area contributed by atoms with E-state index in [4.69, 9.17) is 20.8 Å². The summed E-state index contributed by atoms with van der Waals surface area (Å²) in [5.41, 5.74) is 0.459. The molecule has 0 fully saturated rings. The van der Waals surface area contributed by atoms with Crippen molar-refractivity contribution >= 4 is 17.6 Å². The molecule has 0 aliphatic carbocycles. The van der Waals surface area contributed by atoms with Gasteiger partial charge in [-0.3, -0.25) is 4.90 Å². The summed E-state index contributed by atoms with van der Waals surface area (Å²) < 4.78 is 12.1. The second-order valence-corrected chi connectivity index (χ2v) is 5.29. The minimum absolute atomic E-state index is 0.388. The Morgan fingerprint density at radius 1 is 1.52 bits per heavy atom. The van der Waals surface area contributed by atoms with E-state index >= 15 is 0 Å². The number of aromatic nitrogens is 2. The van der Waals surface area contributed by atoms with E-state index in [0.717, 1.165) is 5.82 Å². The highest BCUT2D eigenvalue weighted by atomic mass is 35.5. The lowest BCUT2D eigenvalue weighted by atomic mass is 10.2. The van der Waals surface area contributed by atoms with Crippen molar-refractivity contribution in [1.82, 2.24) is 14.5 Å². The van der Waals surface area contributed by atoms with Crippen LogP contribution in [0.15, 0.2) is 16.7 Å². The summed E-state index contributed by atoms with van der Waals surface area (Å²) in [7, 11) is 5.16. The van der Waals surface area contributed by atoms with Gasteiger partial charge in [0.1, 0.15) is 28.1 Å².